The SMILES string of the molecule is NC(=O)c1c[nH]c(=O)c2cc(NC(=O)CCl)ccc12. The average Bonchev–Trinajstić information content (AvgIpc) is 2.39. The monoisotopic (exact) mass is 279 g/mol. The molecule has 0 bridgehead atoms. The van der Waals surface area contributed by atoms with Crippen molar-refractivity contribution in [3.63, 3.8) is 0 Å². The van der Waals surface area contributed by atoms with E-state index in [0.717, 1.165) is 0 Å². The highest BCUT2D eigenvalue weighted by atomic mass is 35.5. The molecule has 0 atom stereocenters. The number of hydrogen-bond acceptors (Lipinski definition) is 3. The van der Waals surface area contributed by atoms with E-state index in [0.29, 0.717) is 11.1 Å². The van der Waals surface area contributed by atoms with Crippen LogP contribution >= 0.6 is 11.6 Å². The number of halogens is 1. The number of anilines is 1. The van der Waals surface area contributed by atoms with Crippen molar-refractivity contribution in [2.75, 3.05) is 11.2 Å². The number of nitrogens with one attached hydrogen (secondary N) is 2. The van der Waals surface area contributed by atoms with Crippen LogP contribution in [0, 0.1) is 0 Å². The summed E-state index contributed by atoms with van der Waals surface area (Å²) in [4.78, 5) is 36.6. The van der Waals surface area contributed by atoms with Gasteiger partial charge in [-0.15, -0.1) is 11.6 Å². The van der Waals surface area contributed by atoms with E-state index in [1.807, 2.05) is 0 Å². The van der Waals surface area contributed by atoms with Crippen LogP contribution in [-0.2, 0) is 4.79 Å². The molecular formula is C12H10ClN3O3. The van der Waals surface area contributed by atoms with Crippen LogP contribution in [-0.4, -0.2) is 22.7 Å². The first-order chi connectivity index (χ1) is 9.02. The first kappa shape index (κ1) is 13.1. The average molecular weight is 280 g/mol. The molecule has 0 spiro atoms. The van der Waals surface area contributed by atoms with Gasteiger partial charge in [-0.05, 0) is 12.1 Å². The van der Waals surface area contributed by atoms with Crippen molar-refractivity contribution in [1.29, 1.82) is 0 Å². The Morgan fingerprint density at radius 2 is 2.05 bits per heavy atom. The fourth-order valence-corrected chi connectivity index (χ4v) is 1.80. The van der Waals surface area contributed by atoms with Gasteiger partial charge >= 0.3 is 0 Å². The zero-order valence-corrected chi connectivity index (χ0v) is 10.5. The minimum absolute atomic E-state index is 0.185. The molecule has 6 nitrogen and oxygen atoms in total. The molecular weight excluding hydrogens is 270 g/mol. The van der Waals surface area contributed by atoms with E-state index in [4.69, 9.17) is 17.3 Å². The molecule has 7 heteroatoms. The first-order valence-corrected chi connectivity index (χ1v) is 5.87. The van der Waals surface area contributed by atoms with Crippen molar-refractivity contribution in [2.45, 2.75) is 0 Å². The highest BCUT2D eigenvalue weighted by Gasteiger charge is 2.10. The summed E-state index contributed by atoms with van der Waals surface area (Å²) in [6, 6.07) is 4.58. The van der Waals surface area contributed by atoms with Crippen LogP contribution in [0.15, 0.2) is 29.2 Å². The van der Waals surface area contributed by atoms with Gasteiger partial charge in [0.1, 0.15) is 5.88 Å². The number of primary amides is 1. The zero-order chi connectivity index (χ0) is 14.0. The van der Waals surface area contributed by atoms with E-state index in [1.54, 1.807) is 12.1 Å². The Morgan fingerprint density at radius 1 is 1.32 bits per heavy atom. The molecule has 1 heterocycles. The van der Waals surface area contributed by atoms with E-state index >= 15 is 0 Å². The molecule has 0 aliphatic carbocycles. The van der Waals surface area contributed by atoms with Crippen molar-refractivity contribution in [2.24, 2.45) is 5.73 Å². The van der Waals surface area contributed by atoms with E-state index < -0.39 is 5.91 Å². The number of carbonyl (C=O) groups excluding carboxylic acids is 2. The third-order valence-corrected chi connectivity index (χ3v) is 2.82. The van der Waals surface area contributed by atoms with Gasteiger partial charge in [0, 0.05) is 22.7 Å². The Morgan fingerprint density at radius 3 is 2.68 bits per heavy atom. The normalized spacial score (nSPS) is 10.4. The Balaban J connectivity index is 2.60. The number of nitrogens with two attached hydrogens (primary N) is 1. The lowest BCUT2D eigenvalue weighted by Gasteiger charge is -2.06. The van der Waals surface area contributed by atoms with Gasteiger partial charge < -0.3 is 16.0 Å². The molecule has 0 saturated heterocycles. The minimum Gasteiger partial charge on any atom is -0.366 e. The van der Waals surface area contributed by atoms with Crippen LogP contribution < -0.4 is 16.6 Å². The van der Waals surface area contributed by atoms with Gasteiger partial charge in [0.2, 0.25) is 5.91 Å². The predicted octanol–water partition coefficient (Wildman–Crippen LogP) is 0.804. The van der Waals surface area contributed by atoms with Gasteiger partial charge in [0.15, 0.2) is 0 Å². The van der Waals surface area contributed by atoms with Crippen LogP contribution in [0.25, 0.3) is 10.8 Å². The standard InChI is InChI=1S/C12H10ClN3O3/c13-4-10(17)16-6-1-2-7-8(3-6)12(19)15-5-9(7)11(14)18/h1-3,5H,4H2,(H2,14,18)(H,15,19)(H,16,17). The lowest BCUT2D eigenvalue weighted by Crippen LogP contribution is -2.17. The number of alkyl halides is 1. The number of aromatic nitrogens is 1. The van der Waals surface area contributed by atoms with Crippen LogP contribution in [0.5, 0.6) is 0 Å². The second-order valence-corrected chi connectivity index (χ2v) is 4.11. The molecule has 0 fully saturated rings. The first-order valence-electron chi connectivity index (χ1n) is 5.34. The molecule has 0 aliphatic rings. The number of amides is 2. The zero-order valence-electron chi connectivity index (χ0n) is 9.70. The fourth-order valence-electron chi connectivity index (χ4n) is 1.74. The quantitative estimate of drug-likeness (QED) is 0.724. The summed E-state index contributed by atoms with van der Waals surface area (Å²) >= 11 is 5.38. The van der Waals surface area contributed by atoms with Crippen molar-refractivity contribution in [3.8, 4) is 0 Å². The van der Waals surface area contributed by atoms with Gasteiger partial charge in [-0.1, -0.05) is 6.07 Å². The van der Waals surface area contributed by atoms with Crippen LogP contribution in [0.3, 0.4) is 0 Å². The molecule has 98 valence electrons. The van der Waals surface area contributed by atoms with Crippen molar-refractivity contribution < 1.29 is 9.59 Å². The second-order valence-electron chi connectivity index (χ2n) is 3.84. The second kappa shape index (κ2) is 5.11. The maximum atomic E-state index is 11.7. The highest BCUT2D eigenvalue weighted by molar-refractivity contribution is 6.29. The number of hydrogen-bond donors (Lipinski definition) is 3. The molecule has 0 saturated carbocycles. The summed E-state index contributed by atoms with van der Waals surface area (Å²) in [7, 11) is 0. The van der Waals surface area contributed by atoms with Crippen molar-refractivity contribution in [1.82, 2.24) is 4.98 Å². The van der Waals surface area contributed by atoms with E-state index in [-0.39, 0.29) is 28.3 Å². The molecule has 2 amide bonds. The van der Waals surface area contributed by atoms with Gasteiger partial charge in [-0.25, -0.2) is 0 Å². The molecule has 0 aliphatic heterocycles. The maximum absolute atomic E-state index is 11.7. The number of benzene rings is 1. The predicted molar refractivity (Wildman–Crippen MR) is 72.4 cm³/mol. The summed E-state index contributed by atoms with van der Waals surface area (Å²) in [5.41, 5.74) is 5.48. The molecule has 4 N–H and O–H groups in total. The maximum Gasteiger partial charge on any atom is 0.255 e. The topological polar surface area (TPSA) is 105 Å². The van der Waals surface area contributed by atoms with Crippen LogP contribution in [0.4, 0.5) is 5.69 Å². The molecule has 2 aromatic rings. The molecule has 0 unspecified atom stereocenters. The Kier molecular flexibility index (Phi) is 3.52. The number of aromatic amines is 1. The third kappa shape index (κ3) is 2.58. The van der Waals surface area contributed by atoms with E-state index in [2.05, 4.69) is 10.3 Å². The number of rotatable bonds is 3. The van der Waals surface area contributed by atoms with Crippen molar-refractivity contribution in [3.05, 3.63) is 40.3 Å². The van der Waals surface area contributed by atoms with E-state index in [1.165, 1.54) is 12.3 Å². The molecule has 1 aromatic heterocycles. The van der Waals surface area contributed by atoms with Crippen LogP contribution in [0.1, 0.15) is 10.4 Å². The van der Waals surface area contributed by atoms with Gasteiger partial charge in [0.25, 0.3) is 11.5 Å². The summed E-state index contributed by atoms with van der Waals surface area (Å²) in [6.07, 6.45) is 1.27. The molecule has 0 radical (unpaired) electrons. The van der Waals surface area contributed by atoms with E-state index in [9.17, 15) is 14.4 Å². The third-order valence-electron chi connectivity index (χ3n) is 2.57. The molecule has 19 heavy (non-hydrogen) atoms. The number of H-pyrrole nitrogens is 1. The summed E-state index contributed by atoms with van der Waals surface area (Å²) in [5, 5.41) is 3.22. The smallest absolute Gasteiger partial charge is 0.255 e. The van der Waals surface area contributed by atoms with Gasteiger partial charge in [0.05, 0.1) is 5.56 Å². The highest BCUT2D eigenvalue weighted by Crippen LogP contribution is 2.19. The lowest BCUT2D eigenvalue weighted by atomic mass is 10.1. The van der Waals surface area contributed by atoms with Gasteiger partial charge in [-0.2, -0.15) is 0 Å². The van der Waals surface area contributed by atoms with Crippen LogP contribution in [0.2, 0.25) is 0 Å². The summed E-state index contributed by atoms with van der Waals surface area (Å²) < 4.78 is 0. The Hall–Kier alpha value is -2.34. The Bertz CT molecular complexity index is 724. The lowest BCUT2D eigenvalue weighted by molar-refractivity contribution is -0.113. The Labute approximate surface area is 112 Å². The summed E-state index contributed by atoms with van der Waals surface area (Å²) in [6.45, 7) is 0. The number of carbonyl (C=O) groups is 2. The van der Waals surface area contributed by atoms with Gasteiger partial charge in [-0.3, -0.25) is 14.4 Å². The minimum atomic E-state index is -0.640. The summed E-state index contributed by atoms with van der Waals surface area (Å²) in [5.74, 6) is -1.21. The largest absolute Gasteiger partial charge is 0.366 e. The molecule has 2 rings (SSSR count). The number of pyridine rings is 1. The molecule has 1 aromatic carbocycles. The van der Waals surface area contributed by atoms with Crippen molar-refractivity contribution >= 4 is 39.9 Å². The fraction of sp³-hybridized carbons (Fsp3) is 0.0833. The number of fused-ring (bicyclic) bond motifs is 1.